The van der Waals surface area contributed by atoms with Gasteiger partial charge in [-0.25, -0.2) is 0 Å². The number of carbonyl (C=O) groups excluding carboxylic acids is 1. The lowest BCUT2D eigenvalue weighted by molar-refractivity contribution is -0.123. The molecule has 2 aliphatic rings. The fourth-order valence-corrected chi connectivity index (χ4v) is 3.99. The first-order valence-electron chi connectivity index (χ1n) is 9.14. The summed E-state index contributed by atoms with van der Waals surface area (Å²) in [5.74, 6) is 2.25. The largest absolute Gasteiger partial charge is 0.355 e. The molecule has 25 heavy (non-hydrogen) atoms. The van der Waals surface area contributed by atoms with Crippen molar-refractivity contribution in [1.82, 2.24) is 20.1 Å². The maximum Gasteiger partial charge on any atom is 0.230 e. The number of hydrogen-bond acceptors (Lipinski definition) is 3. The molecule has 2 aromatic rings. The highest BCUT2D eigenvalue weighted by Gasteiger charge is 2.50. The molecule has 1 aliphatic carbocycles. The number of aryl methyl sites for hydroxylation is 1. The van der Waals surface area contributed by atoms with Crippen LogP contribution in [0.1, 0.15) is 49.3 Å². The first-order valence-corrected chi connectivity index (χ1v) is 9.94. The topological polar surface area (TPSA) is 59.8 Å². The summed E-state index contributed by atoms with van der Waals surface area (Å²) in [5, 5.41) is 11.8. The number of halogens is 1. The smallest absolute Gasteiger partial charge is 0.230 e. The number of hydrogen-bond donors (Lipinski definition) is 1. The minimum atomic E-state index is -0.317. The summed E-state index contributed by atoms with van der Waals surface area (Å²) in [6, 6.07) is 8.12. The summed E-state index contributed by atoms with van der Waals surface area (Å²) < 4.78 is 3.29. The van der Waals surface area contributed by atoms with Gasteiger partial charge in [0.2, 0.25) is 5.91 Å². The van der Waals surface area contributed by atoms with E-state index >= 15 is 0 Å². The van der Waals surface area contributed by atoms with Crippen LogP contribution in [0.25, 0.3) is 0 Å². The van der Waals surface area contributed by atoms with Gasteiger partial charge in [0.25, 0.3) is 0 Å². The van der Waals surface area contributed by atoms with Crippen molar-refractivity contribution < 1.29 is 4.79 Å². The minimum Gasteiger partial charge on any atom is -0.355 e. The highest BCUT2D eigenvalue weighted by atomic mass is 79.9. The van der Waals surface area contributed by atoms with Crippen LogP contribution < -0.4 is 5.32 Å². The average molecular weight is 403 g/mol. The maximum atomic E-state index is 12.7. The van der Waals surface area contributed by atoms with Crippen LogP contribution in [0.3, 0.4) is 0 Å². The lowest BCUT2D eigenvalue weighted by Gasteiger charge is -2.16. The summed E-state index contributed by atoms with van der Waals surface area (Å²) in [4.78, 5) is 12.7. The van der Waals surface area contributed by atoms with E-state index in [1.54, 1.807) is 0 Å². The van der Waals surface area contributed by atoms with E-state index in [1.807, 2.05) is 12.1 Å². The van der Waals surface area contributed by atoms with Gasteiger partial charge in [0.05, 0.1) is 5.41 Å². The van der Waals surface area contributed by atoms with Crippen molar-refractivity contribution in [2.45, 2.75) is 56.9 Å². The molecule has 5 nitrogen and oxygen atoms in total. The molecule has 0 bridgehead atoms. The number of amides is 1. The summed E-state index contributed by atoms with van der Waals surface area (Å²) in [5.41, 5.74) is 0.798. The molecule has 0 radical (unpaired) electrons. The Morgan fingerprint density at radius 3 is 2.72 bits per heavy atom. The molecule has 0 unspecified atom stereocenters. The lowest BCUT2D eigenvalue weighted by Crippen LogP contribution is -2.36. The van der Waals surface area contributed by atoms with E-state index in [0.29, 0.717) is 6.54 Å². The molecule has 0 atom stereocenters. The van der Waals surface area contributed by atoms with Crippen LogP contribution in [0.5, 0.6) is 0 Å². The highest BCUT2D eigenvalue weighted by molar-refractivity contribution is 9.10. The minimum absolute atomic E-state index is 0.144. The van der Waals surface area contributed by atoms with Crippen molar-refractivity contribution in [3.8, 4) is 0 Å². The zero-order valence-corrected chi connectivity index (χ0v) is 15.9. The quantitative estimate of drug-likeness (QED) is 0.835. The third kappa shape index (κ3) is 3.36. The average Bonchev–Trinajstić information content (AvgIpc) is 3.38. The number of carbonyl (C=O) groups is 1. The molecule has 1 N–H and O–H groups in total. The first-order chi connectivity index (χ1) is 12.2. The number of nitrogens with one attached hydrogen (secondary N) is 1. The maximum absolute atomic E-state index is 12.7. The summed E-state index contributed by atoms with van der Waals surface area (Å²) >= 11 is 3.45. The number of fused-ring (bicyclic) bond motifs is 1. The van der Waals surface area contributed by atoms with E-state index in [1.165, 1.54) is 19.3 Å². The van der Waals surface area contributed by atoms with Crippen LogP contribution in [-0.2, 0) is 29.6 Å². The number of rotatable bonds is 5. The normalized spacial score (nSPS) is 18.3. The fourth-order valence-electron chi connectivity index (χ4n) is 3.73. The van der Waals surface area contributed by atoms with Crippen LogP contribution in [0, 0.1) is 0 Å². The van der Waals surface area contributed by atoms with E-state index in [0.717, 1.165) is 53.9 Å². The Hall–Kier alpha value is -1.69. The Kier molecular flexibility index (Phi) is 4.63. The molecule has 2 heterocycles. The van der Waals surface area contributed by atoms with Gasteiger partial charge in [-0.1, -0.05) is 34.5 Å². The second kappa shape index (κ2) is 6.90. The third-order valence-corrected chi connectivity index (χ3v) is 5.93. The van der Waals surface area contributed by atoms with Gasteiger partial charge in [0, 0.05) is 30.4 Å². The van der Waals surface area contributed by atoms with Crippen molar-refractivity contribution in [1.29, 1.82) is 0 Å². The zero-order chi connectivity index (χ0) is 17.3. The standard InChI is InChI=1S/C19H23BrN4O/c20-15-7-5-14(6-8-15)19(10-11-19)18(25)21-12-9-17-23-22-16-4-2-1-3-13-24(16)17/h5-8H,1-4,9-13H2,(H,21,25). The Labute approximate surface area is 156 Å². The Bertz CT molecular complexity index is 764. The van der Waals surface area contributed by atoms with Gasteiger partial charge >= 0.3 is 0 Å². The molecule has 1 amide bonds. The molecule has 0 saturated heterocycles. The Balaban J connectivity index is 1.37. The molecule has 0 spiro atoms. The lowest BCUT2D eigenvalue weighted by atomic mass is 9.95. The van der Waals surface area contributed by atoms with Crippen molar-refractivity contribution >= 4 is 21.8 Å². The Morgan fingerprint density at radius 1 is 1.16 bits per heavy atom. The number of benzene rings is 1. The Morgan fingerprint density at radius 2 is 1.96 bits per heavy atom. The van der Waals surface area contributed by atoms with Gasteiger partial charge in [0.1, 0.15) is 11.6 Å². The molecule has 6 heteroatoms. The molecule has 1 aromatic carbocycles. The second-order valence-electron chi connectivity index (χ2n) is 7.09. The number of nitrogens with zero attached hydrogens (tertiary/aromatic N) is 3. The van der Waals surface area contributed by atoms with Crippen molar-refractivity contribution in [2.75, 3.05) is 6.54 Å². The molecule has 4 rings (SSSR count). The predicted octanol–water partition coefficient (Wildman–Crippen LogP) is 3.16. The molecular formula is C19H23BrN4O. The van der Waals surface area contributed by atoms with Crippen LogP contribution in [-0.4, -0.2) is 27.2 Å². The molecule has 1 aromatic heterocycles. The zero-order valence-electron chi connectivity index (χ0n) is 14.3. The van der Waals surface area contributed by atoms with E-state index in [9.17, 15) is 4.79 Å². The van der Waals surface area contributed by atoms with E-state index in [-0.39, 0.29) is 11.3 Å². The molecule has 1 saturated carbocycles. The summed E-state index contributed by atoms with van der Waals surface area (Å²) in [6.45, 7) is 1.63. The van der Waals surface area contributed by atoms with Crippen LogP contribution in [0.4, 0.5) is 0 Å². The van der Waals surface area contributed by atoms with Crippen molar-refractivity contribution in [2.24, 2.45) is 0 Å². The molecule has 132 valence electrons. The van der Waals surface area contributed by atoms with Gasteiger partial charge in [-0.3, -0.25) is 4.79 Å². The summed E-state index contributed by atoms with van der Waals surface area (Å²) in [6.07, 6.45) is 7.28. The van der Waals surface area contributed by atoms with Crippen LogP contribution in [0.15, 0.2) is 28.7 Å². The van der Waals surface area contributed by atoms with E-state index in [2.05, 4.69) is 48.1 Å². The van der Waals surface area contributed by atoms with Gasteiger partial charge in [-0.2, -0.15) is 0 Å². The second-order valence-corrected chi connectivity index (χ2v) is 8.01. The van der Waals surface area contributed by atoms with E-state index < -0.39 is 0 Å². The molecule has 1 aliphatic heterocycles. The van der Waals surface area contributed by atoms with Crippen LogP contribution >= 0.6 is 15.9 Å². The molecular weight excluding hydrogens is 380 g/mol. The highest BCUT2D eigenvalue weighted by Crippen LogP contribution is 2.48. The van der Waals surface area contributed by atoms with Crippen molar-refractivity contribution in [3.63, 3.8) is 0 Å². The van der Waals surface area contributed by atoms with Crippen molar-refractivity contribution in [3.05, 3.63) is 46.0 Å². The SMILES string of the molecule is O=C(NCCc1nnc2n1CCCCC2)C1(c2ccc(Br)cc2)CC1. The van der Waals surface area contributed by atoms with E-state index in [4.69, 9.17) is 0 Å². The van der Waals surface area contributed by atoms with Gasteiger partial charge in [-0.15, -0.1) is 10.2 Å². The number of aromatic nitrogens is 3. The van der Waals surface area contributed by atoms with Gasteiger partial charge < -0.3 is 9.88 Å². The van der Waals surface area contributed by atoms with Gasteiger partial charge in [-0.05, 0) is 43.4 Å². The monoisotopic (exact) mass is 402 g/mol. The first kappa shape index (κ1) is 16.8. The van der Waals surface area contributed by atoms with Crippen LogP contribution in [0.2, 0.25) is 0 Å². The third-order valence-electron chi connectivity index (χ3n) is 5.40. The fraction of sp³-hybridized carbons (Fsp3) is 0.526. The molecule has 1 fully saturated rings. The summed E-state index contributed by atoms with van der Waals surface area (Å²) in [7, 11) is 0. The van der Waals surface area contributed by atoms with Gasteiger partial charge in [0.15, 0.2) is 0 Å². The predicted molar refractivity (Wildman–Crippen MR) is 99.3 cm³/mol.